The summed E-state index contributed by atoms with van der Waals surface area (Å²) >= 11 is 3.82. The minimum atomic E-state index is -1.21. The van der Waals surface area contributed by atoms with Crippen LogP contribution in [0.15, 0.2) is 39.6 Å². The van der Waals surface area contributed by atoms with Gasteiger partial charge in [0.2, 0.25) is 5.16 Å². The number of thioether (sulfide) groups is 2. The number of oxime groups is 1. The number of aryl methyl sites for hydroxylation is 1. The maximum Gasteiger partial charge on any atom is 0.352 e. The van der Waals surface area contributed by atoms with Gasteiger partial charge in [0.1, 0.15) is 29.4 Å². The number of unbranched alkanes of at least 4 members (excludes halogenated alkanes) is 3. The first kappa shape index (κ1) is 29.5. The first-order valence-corrected chi connectivity index (χ1v) is 15.4. The molecule has 0 spiro atoms. The predicted molar refractivity (Wildman–Crippen MR) is 152 cm³/mol. The van der Waals surface area contributed by atoms with Crippen LogP contribution in [0.5, 0.6) is 0 Å². The van der Waals surface area contributed by atoms with Crippen LogP contribution in [0, 0.1) is 0 Å². The molecule has 4 N–H and O–H groups in total. The smallest absolute Gasteiger partial charge is 0.352 e. The second kappa shape index (κ2) is 13.8. The van der Waals surface area contributed by atoms with Crippen LogP contribution in [0.2, 0.25) is 0 Å². The van der Waals surface area contributed by atoms with Gasteiger partial charge in [0.25, 0.3) is 11.8 Å². The Hall–Kier alpha value is -3.44. The molecule has 214 valence electrons. The zero-order valence-electron chi connectivity index (χ0n) is 21.7. The Kier molecular flexibility index (Phi) is 10.2. The van der Waals surface area contributed by atoms with Crippen molar-refractivity contribution in [3.8, 4) is 0 Å². The highest BCUT2D eigenvalue weighted by atomic mass is 32.2. The number of nitrogen functional groups attached to an aromatic ring is 1. The number of nitrogens with zero attached hydrogens (tertiary/aromatic N) is 7. The van der Waals surface area contributed by atoms with E-state index in [1.807, 2.05) is 0 Å². The van der Waals surface area contributed by atoms with Crippen molar-refractivity contribution in [3.05, 3.63) is 35.0 Å². The molecule has 2 amide bonds. The molecule has 4 rings (SSSR count). The van der Waals surface area contributed by atoms with Gasteiger partial charge in [0.15, 0.2) is 10.8 Å². The highest BCUT2D eigenvalue weighted by molar-refractivity contribution is 8.01. The number of hydrogen-bond donors (Lipinski definition) is 3. The van der Waals surface area contributed by atoms with E-state index in [1.165, 1.54) is 34.5 Å². The molecule has 4 heterocycles. The lowest BCUT2D eigenvalue weighted by molar-refractivity contribution is -0.150. The third kappa shape index (κ3) is 6.64. The Labute approximate surface area is 242 Å². The quantitative estimate of drug-likeness (QED) is 0.0664. The van der Waals surface area contributed by atoms with Crippen LogP contribution >= 0.6 is 34.9 Å². The van der Waals surface area contributed by atoms with E-state index in [2.05, 4.69) is 44.5 Å². The van der Waals surface area contributed by atoms with Crippen LogP contribution in [0.1, 0.15) is 38.3 Å². The molecule has 0 aromatic carbocycles. The lowest BCUT2D eigenvalue weighted by atomic mass is 10.0. The number of fused-ring (bicyclic) bond motifs is 1. The predicted octanol–water partition coefficient (Wildman–Crippen LogP) is 1.73. The number of amides is 2. The summed E-state index contributed by atoms with van der Waals surface area (Å²) in [4.78, 5) is 48.8. The van der Waals surface area contributed by atoms with Gasteiger partial charge in [-0.1, -0.05) is 55.8 Å². The van der Waals surface area contributed by atoms with Crippen LogP contribution in [0.3, 0.4) is 0 Å². The number of tetrazole rings is 1. The van der Waals surface area contributed by atoms with Gasteiger partial charge < -0.3 is 21.0 Å². The monoisotopic (exact) mass is 607 g/mol. The van der Waals surface area contributed by atoms with Crippen LogP contribution < -0.4 is 11.1 Å². The molecular weight excluding hydrogens is 579 g/mol. The largest absolute Gasteiger partial charge is 0.477 e. The fourth-order valence-corrected chi connectivity index (χ4v) is 6.98. The third-order valence-corrected chi connectivity index (χ3v) is 9.02. The molecule has 2 aromatic rings. The number of thiazole rings is 1. The molecule has 2 aromatic heterocycles. The van der Waals surface area contributed by atoms with Gasteiger partial charge in [-0.2, -0.15) is 0 Å². The lowest BCUT2D eigenvalue weighted by Crippen LogP contribution is -2.71. The number of β-lactam (4-membered cyclic amide) rings is 1. The van der Waals surface area contributed by atoms with Gasteiger partial charge in [-0.05, 0) is 22.4 Å². The van der Waals surface area contributed by atoms with Gasteiger partial charge in [-0.15, -0.1) is 28.2 Å². The average Bonchev–Trinajstić information content (AvgIpc) is 3.58. The van der Waals surface area contributed by atoms with Gasteiger partial charge in [0, 0.05) is 23.4 Å². The number of carboxylic acid groups (broad SMARTS) is 1. The molecule has 40 heavy (non-hydrogen) atoms. The summed E-state index contributed by atoms with van der Waals surface area (Å²) in [5.74, 6) is -1.77. The minimum Gasteiger partial charge on any atom is -0.477 e. The van der Waals surface area contributed by atoms with Gasteiger partial charge in [0.05, 0.1) is 0 Å². The van der Waals surface area contributed by atoms with Crippen LogP contribution in [0.4, 0.5) is 5.13 Å². The molecule has 14 nitrogen and oxygen atoms in total. The third-order valence-electron chi connectivity index (χ3n) is 5.96. The number of nitrogens with one attached hydrogen (secondary N) is 1. The first-order chi connectivity index (χ1) is 19.3. The zero-order valence-corrected chi connectivity index (χ0v) is 24.1. The molecule has 1 unspecified atom stereocenters. The van der Waals surface area contributed by atoms with Crippen molar-refractivity contribution in [3.63, 3.8) is 0 Å². The van der Waals surface area contributed by atoms with E-state index in [-0.39, 0.29) is 28.8 Å². The Balaban J connectivity index is 1.43. The first-order valence-electron chi connectivity index (χ1n) is 12.5. The Morgan fingerprint density at radius 2 is 2.23 bits per heavy atom. The van der Waals surface area contributed by atoms with Crippen LogP contribution in [0.25, 0.3) is 0 Å². The fraction of sp³-hybridized carbons (Fsp3) is 0.478. The number of hydrogen-bond acceptors (Lipinski definition) is 13. The van der Waals surface area contributed by atoms with E-state index in [4.69, 9.17) is 10.6 Å². The second-order valence-corrected chi connectivity index (χ2v) is 11.7. The lowest BCUT2D eigenvalue weighted by Gasteiger charge is -2.49. The molecule has 17 heteroatoms. The molecule has 2 aliphatic rings. The van der Waals surface area contributed by atoms with Crippen molar-refractivity contribution in [1.29, 1.82) is 0 Å². The summed E-state index contributed by atoms with van der Waals surface area (Å²) in [7, 11) is 0. The number of aromatic nitrogens is 5. The summed E-state index contributed by atoms with van der Waals surface area (Å²) in [5.41, 5.74) is 6.24. The Bertz CT molecular complexity index is 1320. The van der Waals surface area contributed by atoms with E-state index in [0.717, 1.165) is 37.0 Å². The zero-order chi connectivity index (χ0) is 28.6. The number of nitrogens with two attached hydrogens (primary N) is 1. The molecule has 0 saturated carbocycles. The van der Waals surface area contributed by atoms with E-state index in [1.54, 1.807) is 10.1 Å². The van der Waals surface area contributed by atoms with E-state index in [9.17, 15) is 19.5 Å². The number of anilines is 1. The number of carbonyl (C=O) groups is 3. The number of carboxylic acids is 1. The van der Waals surface area contributed by atoms with Gasteiger partial charge in [-0.25, -0.2) is 14.5 Å². The van der Waals surface area contributed by atoms with E-state index >= 15 is 0 Å². The summed E-state index contributed by atoms with van der Waals surface area (Å²) in [6, 6.07) is -0.947. The van der Waals surface area contributed by atoms with Gasteiger partial charge >= 0.3 is 5.97 Å². The fourth-order valence-electron chi connectivity index (χ4n) is 4.04. The molecule has 0 bridgehead atoms. The number of aliphatic carboxylic acids is 1. The normalized spacial score (nSPS) is 18.8. The second-order valence-electron chi connectivity index (χ2n) is 8.75. The average molecular weight is 608 g/mol. The van der Waals surface area contributed by atoms with Crippen molar-refractivity contribution >= 4 is 63.5 Å². The van der Waals surface area contributed by atoms with E-state index in [0.29, 0.717) is 28.8 Å². The van der Waals surface area contributed by atoms with Crippen molar-refractivity contribution in [1.82, 2.24) is 35.4 Å². The summed E-state index contributed by atoms with van der Waals surface area (Å²) in [6.07, 6.45) is 5.76. The van der Waals surface area contributed by atoms with Crippen molar-refractivity contribution < 1.29 is 24.3 Å². The molecule has 2 atom stereocenters. The highest BCUT2D eigenvalue weighted by Gasteiger charge is 2.54. The van der Waals surface area contributed by atoms with E-state index < -0.39 is 29.2 Å². The molecule has 0 radical (unpaired) electrons. The molecule has 0 aliphatic carbocycles. The molecule has 1 saturated heterocycles. The standard InChI is InChI=1S/C23H29N9O5S3/c1-3-5-6-7-8-31-23(27-29-30-31)40-11-13-10-38-20-16(19(34)32(20)17(13)21(35)36)26-18(33)15(28-37-9-4-2)14-12-39-22(24)25-14/h4,12,16,20H,2-3,5-11H2,1H3,(H2,24,25)(H,26,33)(H,35,36)/b28-15-/t16?,20-/m1/s1. The maximum atomic E-state index is 13.1. The summed E-state index contributed by atoms with van der Waals surface area (Å²) in [5, 5.41) is 30.1. The van der Waals surface area contributed by atoms with Crippen molar-refractivity contribution in [2.24, 2.45) is 5.16 Å². The molecule has 1 fully saturated rings. The summed E-state index contributed by atoms with van der Waals surface area (Å²) in [6.45, 7) is 6.42. The van der Waals surface area contributed by atoms with Crippen molar-refractivity contribution in [2.75, 3.05) is 23.8 Å². The number of carbonyl (C=O) groups excluding carboxylic acids is 2. The Morgan fingerprint density at radius 3 is 2.92 bits per heavy atom. The topological polar surface area (TPSA) is 191 Å². The SMILES string of the molecule is C=CCO/N=C(\C(=O)NC1C(=O)N2C(C(=O)O)=C(CSc3nnnn3CCCCCC)CS[C@H]12)c1csc(N)n1. The maximum absolute atomic E-state index is 13.1. The Morgan fingerprint density at radius 1 is 1.40 bits per heavy atom. The molecule has 2 aliphatic heterocycles. The number of rotatable bonds is 15. The van der Waals surface area contributed by atoms with Gasteiger partial charge in [-0.3, -0.25) is 14.5 Å². The minimum absolute atomic E-state index is 0.0593. The molecular formula is C23H29N9O5S3. The van der Waals surface area contributed by atoms with Crippen LogP contribution in [-0.4, -0.2) is 88.2 Å². The van der Waals surface area contributed by atoms with Crippen molar-refractivity contribution in [2.45, 2.75) is 55.7 Å². The highest BCUT2D eigenvalue weighted by Crippen LogP contribution is 2.41. The summed E-state index contributed by atoms with van der Waals surface area (Å²) < 4.78 is 1.72. The van der Waals surface area contributed by atoms with Crippen LogP contribution in [-0.2, 0) is 25.8 Å².